The number of rotatable bonds is 3. The first-order valence-electron chi connectivity index (χ1n) is 7.41. The highest BCUT2D eigenvalue weighted by Gasteiger charge is 2.30. The molecule has 6 heteroatoms. The molecule has 2 aliphatic rings. The minimum atomic E-state index is -0.320. The molecule has 0 unspecified atom stereocenters. The molecule has 21 heavy (non-hydrogen) atoms. The second-order valence-corrected chi connectivity index (χ2v) is 6.07. The van der Waals surface area contributed by atoms with Crippen LogP contribution in [0.15, 0.2) is 16.9 Å². The van der Waals surface area contributed by atoms with Crippen molar-refractivity contribution in [2.24, 2.45) is 5.92 Å². The first kappa shape index (κ1) is 12.8. The molecular formula is C15H18N4O2. The normalized spacial score (nSPS) is 20.4. The number of fused-ring (bicyclic) bond motifs is 1. The van der Waals surface area contributed by atoms with Crippen molar-refractivity contribution >= 4 is 16.9 Å². The Labute approximate surface area is 122 Å². The fraction of sp³-hybridized carbons (Fsp3) is 0.533. The summed E-state index contributed by atoms with van der Waals surface area (Å²) < 4.78 is 6.93. The van der Waals surface area contributed by atoms with E-state index < -0.39 is 0 Å². The summed E-state index contributed by atoms with van der Waals surface area (Å²) in [6.45, 7) is 3.39. The van der Waals surface area contributed by atoms with Gasteiger partial charge < -0.3 is 10.5 Å². The van der Waals surface area contributed by atoms with Crippen LogP contribution in [0.2, 0.25) is 0 Å². The molecule has 1 saturated heterocycles. The van der Waals surface area contributed by atoms with Crippen molar-refractivity contribution in [1.82, 2.24) is 14.5 Å². The number of nitrogens with zero attached hydrogens (tertiary/aromatic N) is 3. The molecule has 2 aromatic heterocycles. The molecule has 3 heterocycles. The molecule has 1 aliphatic carbocycles. The van der Waals surface area contributed by atoms with Crippen LogP contribution in [0.25, 0.3) is 11.0 Å². The fourth-order valence-corrected chi connectivity index (χ4v) is 2.87. The molecule has 0 bridgehead atoms. The minimum absolute atomic E-state index is 0.0174. The van der Waals surface area contributed by atoms with Gasteiger partial charge in [0, 0.05) is 23.6 Å². The molecule has 110 valence electrons. The number of aromatic nitrogens is 3. The zero-order valence-electron chi connectivity index (χ0n) is 12.0. The summed E-state index contributed by atoms with van der Waals surface area (Å²) in [5.41, 5.74) is 7.30. The number of hydrogen-bond donors (Lipinski definition) is 1. The quantitative estimate of drug-likeness (QED) is 0.923. The number of anilines is 1. The molecule has 1 atom stereocenters. The highest BCUT2D eigenvalue weighted by Crippen LogP contribution is 2.39. The van der Waals surface area contributed by atoms with E-state index in [1.165, 1.54) is 12.8 Å². The highest BCUT2D eigenvalue weighted by atomic mass is 16.5. The van der Waals surface area contributed by atoms with Gasteiger partial charge in [-0.1, -0.05) is 0 Å². The average Bonchev–Trinajstić information content (AvgIpc) is 3.20. The van der Waals surface area contributed by atoms with Gasteiger partial charge in [-0.15, -0.1) is 0 Å². The number of nitrogens with two attached hydrogens (primary N) is 1. The third-order valence-corrected chi connectivity index (χ3v) is 4.57. The summed E-state index contributed by atoms with van der Waals surface area (Å²) >= 11 is 0. The molecule has 2 N–H and O–H groups in total. The van der Waals surface area contributed by atoms with E-state index in [0.717, 1.165) is 11.1 Å². The van der Waals surface area contributed by atoms with Gasteiger partial charge >= 0.3 is 5.69 Å². The number of ether oxygens (including phenoxy) is 1. The van der Waals surface area contributed by atoms with Crippen molar-refractivity contribution in [1.29, 1.82) is 0 Å². The van der Waals surface area contributed by atoms with Gasteiger partial charge in [0.05, 0.1) is 18.6 Å². The smallest absolute Gasteiger partial charge is 0.351 e. The standard InChI is InChI=1S/C15H18N4O2/c1-8(10-6-21-7-10)19-14-11(13(16)18-15(19)20)4-5-12(17-14)9-2-3-9/h4-5,8-10H,2-3,6-7H2,1H3,(H2,16,18,20)/t8-/m1/s1. The minimum Gasteiger partial charge on any atom is -0.383 e. The summed E-state index contributed by atoms with van der Waals surface area (Å²) in [5, 5.41) is 0.756. The van der Waals surface area contributed by atoms with Gasteiger partial charge in [0.1, 0.15) is 11.5 Å². The van der Waals surface area contributed by atoms with E-state index in [9.17, 15) is 4.79 Å². The van der Waals surface area contributed by atoms with Crippen LogP contribution in [0.5, 0.6) is 0 Å². The van der Waals surface area contributed by atoms with Crippen molar-refractivity contribution in [3.8, 4) is 0 Å². The number of nitrogen functional groups attached to an aromatic ring is 1. The van der Waals surface area contributed by atoms with Crippen molar-refractivity contribution < 1.29 is 4.74 Å². The third-order valence-electron chi connectivity index (χ3n) is 4.57. The molecule has 2 fully saturated rings. The SMILES string of the molecule is C[C@H](C1COC1)n1c(=O)nc(N)c2ccc(C3CC3)nc21. The van der Waals surface area contributed by atoms with Crippen molar-refractivity contribution in [2.45, 2.75) is 31.7 Å². The maximum atomic E-state index is 12.3. The Bertz CT molecular complexity index is 762. The number of hydrogen-bond acceptors (Lipinski definition) is 5. The van der Waals surface area contributed by atoms with Crippen LogP contribution >= 0.6 is 0 Å². The Morgan fingerprint density at radius 1 is 1.33 bits per heavy atom. The first-order chi connectivity index (χ1) is 10.1. The Kier molecular flexibility index (Phi) is 2.75. The lowest BCUT2D eigenvalue weighted by Gasteiger charge is -2.32. The zero-order valence-corrected chi connectivity index (χ0v) is 12.0. The summed E-state index contributed by atoms with van der Waals surface area (Å²) in [6.07, 6.45) is 2.35. The molecule has 6 nitrogen and oxygen atoms in total. The van der Waals surface area contributed by atoms with Gasteiger partial charge in [0.15, 0.2) is 0 Å². The van der Waals surface area contributed by atoms with Gasteiger partial charge in [0.25, 0.3) is 0 Å². The van der Waals surface area contributed by atoms with Crippen molar-refractivity contribution in [3.05, 3.63) is 28.3 Å². The molecule has 0 radical (unpaired) electrons. The van der Waals surface area contributed by atoms with Crippen molar-refractivity contribution in [2.75, 3.05) is 18.9 Å². The molecule has 1 saturated carbocycles. The lowest BCUT2D eigenvalue weighted by molar-refractivity contribution is -0.0536. The third kappa shape index (κ3) is 2.01. The Balaban J connectivity index is 1.93. The van der Waals surface area contributed by atoms with Crippen LogP contribution in [0.3, 0.4) is 0 Å². The van der Waals surface area contributed by atoms with Crippen LogP contribution in [0.4, 0.5) is 5.82 Å². The van der Waals surface area contributed by atoms with E-state index in [4.69, 9.17) is 15.5 Å². The van der Waals surface area contributed by atoms with Gasteiger partial charge in [-0.3, -0.25) is 4.57 Å². The topological polar surface area (TPSA) is 83.0 Å². The summed E-state index contributed by atoms with van der Waals surface area (Å²) in [6, 6.07) is 3.96. The Morgan fingerprint density at radius 3 is 2.71 bits per heavy atom. The largest absolute Gasteiger partial charge is 0.383 e. The van der Waals surface area contributed by atoms with E-state index in [-0.39, 0.29) is 17.5 Å². The van der Waals surface area contributed by atoms with Crippen LogP contribution in [-0.4, -0.2) is 27.7 Å². The maximum absolute atomic E-state index is 12.3. The van der Waals surface area contributed by atoms with Crippen molar-refractivity contribution in [3.63, 3.8) is 0 Å². The van der Waals surface area contributed by atoms with Gasteiger partial charge in [-0.2, -0.15) is 4.98 Å². The lowest BCUT2D eigenvalue weighted by atomic mass is 9.99. The molecule has 0 spiro atoms. The van der Waals surface area contributed by atoms with E-state index in [2.05, 4.69) is 4.98 Å². The van der Waals surface area contributed by atoms with Crippen LogP contribution in [-0.2, 0) is 4.74 Å². The summed E-state index contributed by atoms with van der Waals surface area (Å²) in [7, 11) is 0. The molecule has 0 aromatic carbocycles. The average molecular weight is 286 g/mol. The van der Waals surface area contributed by atoms with Crippen LogP contribution < -0.4 is 11.4 Å². The maximum Gasteiger partial charge on any atom is 0.351 e. The fourth-order valence-electron chi connectivity index (χ4n) is 2.87. The van der Waals surface area contributed by atoms with Gasteiger partial charge in [0.2, 0.25) is 0 Å². The molecule has 2 aromatic rings. The lowest BCUT2D eigenvalue weighted by Crippen LogP contribution is -2.39. The van der Waals surface area contributed by atoms with Gasteiger partial charge in [-0.25, -0.2) is 9.78 Å². The van der Waals surface area contributed by atoms with Crippen LogP contribution in [0.1, 0.15) is 37.4 Å². The summed E-state index contributed by atoms with van der Waals surface area (Å²) in [4.78, 5) is 21.0. The van der Waals surface area contributed by atoms with E-state index in [1.807, 2.05) is 19.1 Å². The Morgan fingerprint density at radius 2 is 2.10 bits per heavy atom. The zero-order chi connectivity index (χ0) is 14.6. The predicted molar refractivity (Wildman–Crippen MR) is 79.2 cm³/mol. The molecular weight excluding hydrogens is 268 g/mol. The van der Waals surface area contributed by atoms with E-state index in [1.54, 1.807) is 4.57 Å². The molecule has 4 rings (SSSR count). The van der Waals surface area contributed by atoms with Crippen LogP contribution in [0, 0.1) is 5.92 Å². The second-order valence-electron chi connectivity index (χ2n) is 6.07. The molecule has 1 aliphatic heterocycles. The monoisotopic (exact) mass is 286 g/mol. The second kappa shape index (κ2) is 4.53. The predicted octanol–water partition coefficient (Wildman–Crippen LogP) is 1.46. The van der Waals surface area contributed by atoms with E-state index >= 15 is 0 Å². The van der Waals surface area contributed by atoms with Gasteiger partial charge in [-0.05, 0) is 31.9 Å². The molecule has 0 amide bonds. The number of pyridine rings is 1. The van der Waals surface area contributed by atoms with E-state index in [0.29, 0.717) is 30.7 Å². The Hall–Kier alpha value is -1.95. The highest BCUT2D eigenvalue weighted by molar-refractivity contribution is 5.85. The first-order valence-corrected chi connectivity index (χ1v) is 7.41. The summed E-state index contributed by atoms with van der Waals surface area (Å²) in [5.74, 6) is 1.13.